The van der Waals surface area contributed by atoms with Gasteiger partial charge in [0.05, 0.1) is 13.7 Å². The maximum atomic E-state index is 5.05. The molecule has 0 atom stereocenters. The Bertz CT molecular complexity index is 179. The molecule has 0 saturated heterocycles. The van der Waals surface area contributed by atoms with E-state index in [9.17, 15) is 0 Å². The topological polar surface area (TPSA) is 18.5 Å². The first-order valence-electron chi connectivity index (χ1n) is 7.05. The van der Waals surface area contributed by atoms with Crippen molar-refractivity contribution in [2.75, 3.05) is 13.7 Å². The number of hydrogen-bond donors (Lipinski definition) is 0. The summed E-state index contributed by atoms with van der Waals surface area (Å²) in [5.74, 6) is 2.83. The van der Waals surface area contributed by atoms with Gasteiger partial charge in [0.25, 0.3) is 0 Å². The van der Waals surface area contributed by atoms with Gasteiger partial charge in [0.15, 0.2) is 0 Å². The van der Waals surface area contributed by atoms with Crippen LogP contribution in [0.25, 0.3) is 0 Å². The number of rotatable bonds is 4. The average Bonchev–Trinajstić information content (AvgIpc) is 2.38. The van der Waals surface area contributed by atoms with E-state index in [1.807, 2.05) is 0 Å². The highest BCUT2D eigenvalue weighted by Crippen LogP contribution is 2.39. The Morgan fingerprint density at radius 2 is 1.44 bits per heavy atom. The Hall–Kier alpha value is -0.0800. The van der Waals surface area contributed by atoms with E-state index in [2.05, 4.69) is 4.89 Å². The van der Waals surface area contributed by atoms with Gasteiger partial charge in [0, 0.05) is 0 Å². The molecule has 0 N–H and O–H groups in total. The Kier molecular flexibility index (Phi) is 5.11. The van der Waals surface area contributed by atoms with Crippen LogP contribution in [-0.4, -0.2) is 13.7 Å². The van der Waals surface area contributed by atoms with Crippen LogP contribution in [0.5, 0.6) is 0 Å². The predicted octanol–water partition coefficient (Wildman–Crippen LogP) is 3.95. The third-order valence-corrected chi connectivity index (χ3v) is 4.63. The van der Waals surface area contributed by atoms with E-state index in [0.29, 0.717) is 0 Å². The van der Waals surface area contributed by atoms with Crippen LogP contribution in [0.3, 0.4) is 0 Å². The van der Waals surface area contributed by atoms with Crippen molar-refractivity contribution < 1.29 is 9.78 Å². The van der Waals surface area contributed by atoms with Gasteiger partial charge >= 0.3 is 0 Å². The number of hydrogen-bond acceptors (Lipinski definition) is 2. The van der Waals surface area contributed by atoms with Crippen LogP contribution >= 0.6 is 0 Å². The molecule has 0 bridgehead atoms. The standard InChI is InChI=1S/C14H26O2/c1-15-16-11-12-7-9-14(10-8-12)13-5-3-2-4-6-13/h12-14H,2-11H2,1H3. The molecule has 2 heteroatoms. The summed E-state index contributed by atoms with van der Waals surface area (Å²) in [5.41, 5.74) is 0. The van der Waals surface area contributed by atoms with E-state index in [0.717, 1.165) is 24.4 Å². The van der Waals surface area contributed by atoms with E-state index < -0.39 is 0 Å². The van der Waals surface area contributed by atoms with E-state index in [1.54, 1.807) is 7.11 Å². The van der Waals surface area contributed by atoms with Gasteiger partial charge in [-0.2, -0.15) is 0 Å². The molecule has 0 unspecified atom stereocenters. The molecule has 0 radical (unpaired) electrons. The Labute approximate surface area is 99.6 Å². The normalized spacial score (nSPS) is 32.8. The lowest BCUT2D eigenvalue weighted by Crippen LogP contribution is -2.25. The minimum absolute atomic E-state index is 0.750. The Morgan fingerprint density at radius 3 is 2.06 bits per heavy atom. The predicted molar refractivity (Wildman–Crippen MR) is 65.0 cm³/mol. The second-order valence-electron chi connectivity index (χ2n) is 5.63. The van der Waals surface area contributed by atoms with E-state index in [-0.39, 0.29) is 0 Å². The zero-order valence-electron chi connectivity index (χ0n) is 10.6. The average molecular weight is 226 g/mol. The van der Waals surface area contributed by atoms with Crippen molar-refractivity contribution in [2.24, 2.45) is 17.8 Å². The Balaban J connectivity index is 1.67. The highest BCUT2D eigenvalue weighted by molar-refractivity contribution is 4.79. The minimum Gasteiger partial charge on any atom is -0.240 e. The van der Waals surface area contributed by atoms with Crippen molar-refractivity contribution in [3.8, 4) is 0 Å². The fourth-order valence-electron chi connectivity index (χ4n) is 3.60. The molecule has 0 heterocycles. The molecule has 0 amide bonds. The van der Waals surface area contributed by atoms with Crippen LogP contribution in [0, 0.1) is 17.8 Å². The molecule has 0 aromatic rings. The van der Waals surface area contributed by atoms with Crippen molar-refractivity contribution in [1.82, 2.24) is 0 Å². The van der Waals surface area contributed by atoms with Gasteiger partial charge in [0.2, 0.25) is 0 Å². The molecule has 16 heavy (non-hydrogen) atoms. The summed E-state index contributed by atoms with van der Waals surface area (Å²) in [5, 5.41) is 0. The van der Waals surface area contributed by atoms with Gasteiger partial charge < -0.3 is 0 Å². The summed E-state index contributed by atoms with van der Waals surface area (Å²) in [7, 11) is 1.60. The molecule has 2 fully saturated rings. The van der Waals surface area contributed by atoms with E-state index in [1.165, 1.54) is 57.8 Å². The minimum atomic E-state index is 0.750. The summed E-state index contributed by atoms with van der Waals surface area (Å²) in [4.78, 5) is 9.74. The second kappa shape index (κ2) is 6.61. The van der Waals surface area contributed by atoms with Crippen molar-refractivity contribution in [3.63, 3.8) is 0 Å². The van der Waals surface area contributed by atoms with Gasteiger partial charge in [-0.15, -0.1) is 0 Å². The van der Waals surface area contributed by atoms with Crippen molar-refractivity contribution >= 4 is 0 Å². The maximum Gasteiger partial charge on any atom is 0.0850 e. The van der Waals surface area contributed by atoms with Gasteiger partial charge in [0.1, 0.15) is 0 Å². The van der Waals surface area contributed by atoms with Gasteiger partial charge in [-0.3, -0.25) is 0 Å². The lowest BCUT2D eigenvalue weighted by atomic mass is 9.71. The molecule has 0 aromatic carbocycles. The molecule has 2 aliphatic rings. The highest BCUT2D eigenvalue weighted by Gasteiger charge is 2.28. The first kappa shape index (κ1) is 12.4. The molecule has 2 aliphatic carbocycles. The van der Waals surface area contributed by atoms with Crippen LogP contribution in [0.15, 0.2) is 0 Å². The molecular weight excluding hydrogens is 200 g/mol. The SMILES string of the molecule is COOCC1CCC(C2CCCCC2)CC1. The molecule has 0 aromatic heterocycles. The zero-order chi connectivity index (χ0) is 11.2. The van der Waals surface area contributed by atoms with Gasteiger partial charge in [-0.1, -0.05) is 32.1 Å². The monoisotopic (exact) mass is 226 g/mol. The van der Waals surface area contributed by atoms with Crippen molar-refractivity contribution in [2.45, 2.75) is 57.8 Å². The smallest absolute Gasteiger partial charge is 0.0850 e. The highest BCUT2D eigenvalue weighted by atomic mass is 17.2. The Morgan fingerprint density at radius 1 is 0.812 bits per heavy atom. The van der Waals surface area contributed by atoms with Gasteiger partial charge in [-0.05, 0) is 43.4 Å². The molecule has 2 saturated carbocycles. The first-order chi connectivity index (χ1) is 7.90. The van der Waals surface area contributed by atoms with Crippen LogP contribution in [0.4, 0.5) is 0 Å². The third kappa shape index (κ3) is 3.46. The molecule has 94 valence electrons. The van der Waals surface area contributed by atoms with Gasteiger partial charge in [-0.25, -0.2) is 9.78 Å². The fourth-order valence-corrected chi connectivity index (χ4v) is 3.60. The molecule has 2 rings (SSSR count). The third-order valence-electron chi connectivity index (χ3n) is 4.63. The summed E-state index contributed by atoms with van der Waals surface area (Å²) >= 11 is 0. The summed E-state index contributed by atoms with van der Waals surface area (Å²) in [6.07, 6.45) is 13.0. The lowest BCUT2D eigenvalue weighted by Gasteiger charge is -2.35. The van der Waals surface area contributed by atoms with Crippen LogP contribution in [-0.2, 0) is 9.78 Å². The molecular formula is C14H26O2. The van der Waals surface area contributed by atoms with Crippen molar-refractivity contribution in [1.29, 1.82) is 0 Å². The molecule has 2 nitrogen and oxygen atoms in total. The molecule has 0 aliphatic heterocycles. The quantitative estimate of drug-likeness (QED) is 0.534. The van der Waals surface area contributed by atoms with E-state index >= 15 is 0 Å². The second-order valence-corrected chi connectivity index (χ2v) is 5.63. The maximum absolute atomic E-state index is 5.05. The van der Waals surface area contributed by atoms with Crippen molar-refractivity contribution in [3.05, 3.63) is 0 Å². The van der Waals surface area contributed by atoms with Crippen LogP contribution in [0.1, 0.15) is 57.8 Å². The zero-order valence-corrected chi connectivity index (χ0v) is 10.6. The lowest BCUT2D eigenvalue weighted by molar-refractivity contribution is -0.281. The van der Waals surface area contributed by atoms with E-state index in [4.69, 9.17) is 4.89 Å². The molecule has 0 spiro atoms. The largest absolute Gasteiger partial charge is 0.240 e. The van der Waals surface area contributed by atoms with Crippen LogP contribution in [0.2, 0.25) is 0 Å². The summed E-state index contributed by atoms with van der Waals surface area (Å²) < 4.78 is 0. The summed E-state index contributed by atoms with van der Waals surface area (Å²) in [6.45, 7) is 0.799. The summed E-state index contributed by atoms with van der Waals surface area (Å²) in [6, 6.07) is 0. The first-order valence-corrected chi connectivity index (χ1v) is 7.05. The van der Waals surface area contributed by atoms with Crippen LogP contribution < -0.4 is 0 Å². The fraction of sp³-hybridized carbons (Fsp3) is 1.00.